The van der Waals surface area contributed by atoms with Crippen LogP contribution in [-0.2, 0) is 0 Å². The standard InChI is InChI=1S/C15H10Cl2O/c16-13-6-1-11(2-7-13)3-10-15(18)12-4-8-14(17)9-5-12/h1-10H/b10-3+. The zero-order valence-electron chi connectivity index (χ0n) is 9.44. The van der Waals surface area contributed by atoms with E-state index in [1.54, 1.807) is 42.5 Å². The van der Waals surface area contributed by atoms with Crippen LogP contribution >= 0.6 is 23.2 Å². The van der Waals surface area contributed by atoms with E-state index in [0.717, 1.165) is 5.56 Å². The highest BCUT2D eigenvalue weighted by Crippen LogP contribution is 2.13. The highest BCUT2D eigenvalue weighted by Gasteiger charge is 2.00. The van der Waals surface area contributed by atoms with E-state index in [9.17, 15) is 4.79 Å². The molecule has 0 bridgehead atoms. The van der Waals surface area contributed by atoms with Crippen molar-refractivity contribution in [2.45, 2.75) is 0 Å². The Kier molecular flexibility index (Phi) is 4.19. The highest BCUT2D eigenvalue weighted by atomic mass is 35.5. The van der Waals surface area contributed by atoms with E-state index in [1.165, 1.54) is 6.08 Å². The molecule has 0 heterocycles. The number of carbonyl (C=O) groups excluding carboxylic acids is 1. The third-order valence-corrected chi connectivity index (χ3v) is 2.93. The summed E-state index contributed by atoms with van der Waals surface area (Å²) in [4.78, 5) is 11.8. The Morgan fingerprint density at radius 2 is 1.33 bits per heavy atom. The topological polar surface area (TPSA) is 17.1 Å². The zero-order chi connectivity index (χ0) is 13.0. The predicted octanol–water partition coefficient (Wildman–Crippen LogP) is 4.89. The summed E-state index contributed by atoms with van der Waals surface area (Å²) in [6, 6.07) is 14.1. The fraction of sp³-hybridized carbons (Fsp3) is 0. The number of benzene rings is 2. The van der Waals surface area contributed by atoms with Crippen LogP contribution in [0.5, 0.6) is 0 Å². The Balaban J connectivity index is 2.11. The second-order valence-electron chi connectivity index (χ2n) is 3.76. The Morgan fingerprint density at radius 1 is 0.833 bits per heavy atom. The van der Waals surface area contributed by atoms with Gasteiger partial charge in [0, 0.05) is 15.6 Å². The lowest BCUT2D eigenvalue weighted by Crippen LogP contribution is -1.92. The smallest absolute Gasteiger partial charge is 0.185 e. The number of halogens is 2. The summed E-state index contributed by atoms with van der Waals surface area (Å²) in [6.07, 6.45) is 3.29. The molecule has 0 saturated heterocycles. The van der Waals surface area contributed by atoms with Gasteiger partial charge in [0.1, 0.15) is 0 Å². The van der Waals surface area contributed by atoms with E-state index in [1.807, 2.05) is 12.1 Å². The number of hydrogen-bond donors (Lipinski definition) is 0. The molecule has 2 rings (SSSR count). The zero-order valence-corrected chi connectivity index (χ0v) is 10.9. The van der Waals surface area contributed by atoms with Gasteiger partial charge < -0.3 is 0 Å². The van der Waals surface area contributed by atoms with Gasteiger partial charge in [-0.05, 0) is 48.0 Å². The average molecular weight is 277 g/mol. The molecule has 2 aromatic carbocycles. The van der Waals surface area contributed by atoms with Crippen LogP contribution in [0, 0.1) is 0 Å². The summed E-state index contributed by atoms with van der Waals surface area (Å²) >= 11 is 11.5. The molecule has 0 aliphatic rings. The number of hydrogen-bond acceptors (Lipinski definition) is 1. The van der Waals surface area contributed by atoms with E-state index < -0.39 is 0 Å². The quantitative estimate of drug-likeness (QED) is 0.576. The maximum Gasteiger partial charge on any atom is 0.185 e. The van der Waals surface area contributed by atoms with Gasteiger partial charge in [0.05, 0.1) is 0 Å². The molecule has 2 aromatic rings. The van der Waals surface area contributed by atoms with Crippen molar-refractivity contribution in [2.75, 3.05) is 0 Å². The van der Waals surface area contributed by atoms with E-state index >= 15 is 0 Å². The fourth-order valence-electron chi connectivity index (χ4n) is 1.46. The van der Waals surface area contributed by atoms with Crippen LogP contribution in [0.1, 0.15) is 15.9 Å². The second-order valence-corrected chi connectivity index (χ2v) is 4.63. The van der Waals surface area contributed by atoms with Crippen LogP contribution in [0.2, 0.25) is 10.0 Å². The summed E-state index contributed by atoms with van der Waals surface area (Å²) in [6.45, 7) is 0. The minimum atomic E-state index is -0.0541. The molecule has 0 fully saturated rings. The molecular weight excluding hydrogens is 267 g/mol. The van der Waals surface area contributed by atoms with Crippen LogP contribution in [0.15, 0.2) is 54.6 Å². The van der Waals surface area contributed by atoms with Gasteiger partial charge in [0.25, 0.3) is 0 Å². The van der Waals surface area contributed by atoms with Crippen LogP contribution in [0.3, 0.4) is 0 Å². The van der Waals surface area contributed by atoms with Crippen LogP contribution < -0.4 is 0 Å². The van der Waals surface area contributed by atoms with E-state index in [0.29, 0.717) is 15.6 Å². The van der Waals surface area contributed by atoms with Gasteiger partial charge in [-0.25, -0.2) is 0 Å². The van der Waals surface area contributed by atoms with Crippen molar-refractivity contribution in [2.24, 2.45) is 0 Å². The molecule has 0 unspecified atom stereocenters. The van der Waals surface area contributed by atoms with Gasteiger partial charge in [-0.3, -0.25) is 4.79 Å². The molecule has 0 radical (unpaired) electrons. The largest absolute Gasteiger partial charge is 0.289 e. The monoisotopic (exact) mass is 276 g/mol. The first kappa shape index (κ1) is 12.9. The molecule has 0 N–H and O–H groups in total. The lowest BCUT2D eigenvalue weighted by molar-refractivity contribution is 0.104. The number of carbonyl (C=O) groups is 1. The molecule has 0 saturated carbocycles. The van der Waals surface area contributed by atoms with Crippen molar-refractivity contribution in [1.82, 2.24) is 0 Å². The lowest BCUT2D eigenvalue weighted by Gasteiger charge is -1.96. The number of rotatable bonds is 3. The van der Waals surface area contributed by atoms with Crippen molar-refractivity contribution in [3.8, 4) is 0 Å². The van der Waals surface area contributed by atoms with Gasteiger partial charge in [-0.1, -0.05) is 41.4 Å². The van der Waals surface area contributed by atoms with Crippen LogP contribution in [-0.4, -0.2) is 5.78 Å². The van der Waals surface area contributed by atoms with E-state index in [2.05, 4.69) is 0 Å². The molecule has 90 valence electrons. The molecule has 0 amide bonds. The molecule has 0 spiro atoms. The Bertz CT molecular complexity index is 568. The van der Waals surface area contributed by atoms with Crippen molar-refractivity contribution in [3.05, 3.63) is 75.8 Å². The Morgan fingerprint density at radius 3 is 1.89 bits per heavy atom. The first-order valence-corrected chi connectivity index (χ1v) is 6.14. The summed E-state index contributed by atoms with van der Waals surface area (Å²) in [5.41, 5.74) is 1.55. The minimum Gasteiger partial charge on any atom is -0.289 e. The SMILES string of the molecule is O=C(/C=C/c1ccc(Cl)cc1)c1ccc(Cl)cc1. The molecule has 0 atom stereocenters. The third-order valence-electron chi connectivity index (χ3n) is 2.43. The molecule has 0 aromatic heterocycles. The van der Waals surface area contributed by atoms with E-state index in [-0.39, 0.29) is 5.78 Å². The maximum absolute atomic E-state index is 11.8. The van der Waals surface area contributed by atoms with Crippen molar-refractivity contribution >= 4 is 35.1 Å². The van der Waals surface area contributed by atoms with Crippen molar-refractivity contribution < 1.29 is 4.79 Å². The fourth-order valence-corrected chi connectivity index (χ4v) is 1.71. The van der Waals surface area contributed by atoms with Gasteiger partial charge in [0.15, 0.2) is 5.78 Å². The number of ketones is 1. The normalized spacial score (nSPS) is 10.8. The molecule has 0 aliphatic carbocycles. The molecule has 3 heteroatoms. The first-order valence-electron chi connectivity index (χ1n) is 5.39. The summed E-state index contributed by atoms with van der Waals surface area (Å²) in [5.74, 6) is -0.0541. The third kappa shape index (κ3) is 3.46. The first-order chi connectivity index (χ1) is 8.65. The van der Waals surface area contributed by atoms with Crippen LogP contribution in [0.4, 0.5) is 0 Å². The molecule has 1 nitrogen and oxygen atoms in total. The van der Waals surface area contributed by atoms with Gasteiger partial charge in [0.2, 0.25) is 0 Å². The number of allylic oxidation sites excluding steroid dienone is 1. The second kappa shape index (κ2) is 5.85. The average Bonchev–Trinajstić information content (AvgIpc) is 2.38. The van der Waals surface area contributed by atoms with E-state index in [4.69, 9.17) is 23.2 Å². The Labute approximate surface area is 116 Å². The lowest BCUT2D eigenvalue weighted by atomic mass is 10.1. The van der Waals surface area contributed by atoms with Crippen LogP contribution in [0.25, 0.3) is 6.08 Å². The summed E-state index contributed by atoms with van der Waals surface area (Å²) < 4.78 is 0. The summed E-state index contributed by atoms with van der Waals surface area (Å²) in [7, 11) is 0. The van der Waals surface area contributed by atoms with Crippen molar-refractivity contribution in [1.29, 1.82) is 0 Å². The Hall–Kier alpha value is -1.57. The van der Waals surface area contributed by atoms with Crippen molar-refractivity contribution in [3.63, 3.8) is 0 Å². The summed E-state index contributed by atoms with van der Waals surface area (Å²) in [5, 5.41) is 1.30. The molecule has 0 aliphatic heterocycles. The maximum atomic E-state index is 11.8. The van der Waals surface area contributed by atoms with Gasteiger partial charge >= 0.3 is 0 Å². The minimum absolute atomic E-state index is 0.0541. The molecule has 18 heavy (non-hydrogen) atoms. The molecular formula is C15H10Cl2O. The van der Waals surface area contributed by atoms with Gasteiger partial charge in [-0.2, -0.15) is 0 Å². The van der Waals surface area contributed by atoms with Gasteiger partial charge in [-0.15, -0.1) is 0 Å². The highest BCUT2D eigenvalue weighted by molar-refractivity contribution is 6.31. The predicted molar refractivity (Wildman–Crippen MR) is 76.3 cm³/mol.